The number of rotatable bonds is 6. The van der Waals surface area contributed by atoms with Crippen LogP contribution < -0.4 is 0 Å². The number of benzene rings is 1. The van der Waals surface area contributed by atoms with Gasteiger partial charge in [0.25, 0.3) is 0 Å². The summed E-state index contributed by atoms with van der Waals surface area (Å²) in [5.74, 6) is -2.23. The summed E-state index contributed by atoms with van der Waals surface area (Å²) in [6, 6.07) is 5.67. The first-order valence-corrected chi connectivity index (χ1v) is 6.21. The number of nitrogens with zero attached hydrogens (tertiary/aromatic N) is 2. The largest absolute Gasteiger partial charge is 0.292 e. The van der Waals surface area contributed by atoms with Gasteiger partial charge < -0.3 is 0 Å². The Bertz CT molecular complexity index is 500. The summed E-state index contributed by atoms with van der Waals surface area (Å²) in [6.45, 7) is 0.424. The molecule has 0 aromatic heterocycles. The molecule has 2 rings (SSSR count). The highest BCUT2D eigenvalue weighted by Gasteiger charge is 2.31. The highest BCUT2D eigenvalue weighted by Crippen LogP contribution is 2.27. The van der Waals surface area contributed by atoms with E-state index >= 15 is 0 Å². The number of ketones is 1. The van der Waals surface area contributed by atoms with Crippen molar-refractivity contribution in [1.29, 1.82) is 5.26 Å². The number of nitriles is 1. The van der Waals surface area contributed by atoms with E-state index in [0.29, 0.717) is 13.0 Å². The molecule has 5 heteroatoms. The van der Waals surface area contributed by atoms with Gasteiger partial charge in [0.1, 0.15) is 11.6 Å². The maximum Gasteiger partial charge on any atom is 0.182 e. The fourth-order valence-corrected chi connectivity index (χ4v) is 2.05. The van der Waals surface area contributed by atoms with Crippen LogP contribution in [0.2, 0.25) is 0 Å². The van der Waals surface area contributed by atoms with Gasteiger partial charge in [-0.3, -0.25) is 9.69 Å². The molecule has 100 valence electrons. The molecule has 0 N–H and O–H groups in total. The van der Waals surface area contributed by atoms with Crippen LogP contribution in [0, 0.1) is 23.0 Å². The van der Waals surface area contributed by atoms with E-state index in [-0.39, 0.29) is 12.6 Å². The minimum Gasteiger partial charge on any atom is -0.292 e. The molecule has 19 heavy (non-hydrogen) atoms. The lowest BCUT2D eigenvalue weighted by atomic mass is 10.1. The Hall–Kier alpha value is -1.80. The molecule has 1 aromatic rings. The predicted octanol–water partition coefficient (Wildman–Crippen LogP) is 2.53. The van der Waals surface area contributed by atoms with E-state index in [1.807, 2.05) is 11.0 Å². The van der Waals surface area contributed by atoms with Crippen molar-refractivity contribution >= 4 is 5.78 Å². The first-order valence-electron chi connectivity index (χ1n) is 6.21. The molecule has 0 saturated heterocycles. The van der Waals surface area contributed by atoms with Gasteiger partial charge in [0.2, 0.25) is 0 Å². The van der Waals surface area contributed by atoms with Crippen LogP contribution in [0.15, 0.2) is 18.2 Å². The average Bonchev–Trinajstić information content (AvgIpc) is 3.18. The molecule has 1 aliphatic carbocycles. The Labute approximate surface area is 110 Å². The normalized spacial score (nSPS) is 14.4. The smallest absolute Gasteiger partial charge is 0.182 e. The van der Waals surface area contributed by atoms with Crippen molar-refractivity contribution in [1.82, 2.24) is 4.90 Å². The van der Waals surface area contributed by atoms with E-state index in [1.165, 1.54) is 6.07 Å². The first kappa shape index (κ1) is 13.6. The lowest BCUT2D eigenvalue weighted by Gasteiger charge is -2.19. The molecule has 0 bridgehead atoms. The van der Waals surface area contributed by atoms with Crippen molar-refractivity contribution in [2.75, 3.05) is 13.1 Å². The number of Topliss-reactive ketones (excluding diaryl/α,β-unsaturated/α-hetero) is 1. The molecule has 0 aliphatic heterocycles. The summed E-state index contributed by atoms with van der Waals surface area (Å²) in [5, 5.41) is 8.58. The molecule has 0 spiro atoms. The van der Waals surface area contributed by atoms with Crippen LogP contribution in [0.3, 0.4) is 0 Å². The number of carbonyl (C=O) groups excluding carboxylic acids is 1. The SMILES string of the molecule is N#CCCN(CC(=O)c1c(F)cccc1F)C1CC1. The third kappa shape index (κ3) is 3.36. The summed E-state index contributed by atoms with van der Waals surface area (Å²) in [5.41, 5.74) is -0.481. The zero-order chi connectivity index (χ0) is 13.8. The van der Waals surface area contributed by atoms with Crippen molar-refractivity contribution in [3.63, 3.8) is 0 Å². The Kier molecular flexibility index (Phi) is 4.23. The van der Waals surface area contributed by atoms with Gasteiger partial charge in [-0.25, -0.2) is 8.78 Å². The highest BCUT2D eigenvalue weighted by atomic mass is 19.1. The number of halogens is 2. The van der Waals surface area contributed by atoms with Gasteiger partial charge in [0.15, 0.2) is 5.78 Å². The lowest BCUT2D eigenvalue weighted by molar-refractivity contribution is 0.0918. The first-order chi connectivity index (χ1) is 9.13. The Balaban J connectivity index is 2.08. The van der Waals surface area contributed by atoms with Crippen molar-refractivity contribution in [2.45, 2.75) is 25.3 Å². The third-order valence-corrected chi connectivity index (χ3v) is 3.16. The Morgan fingerprint density at radius 1 is 1.37 bits per heavy atom. The molecular formula is C14H14F2N2O. The monoisotopic (exact) mass is 264 g/mol. The van der Waals surface area contributed by atoms with Crippen LogP contribution in [-0.2, 0) is 0 Å². The van der Waals surface area contributed by atoms with Crippen LogP contribution in [0.1, 0.15) is 29.6 Å². The second kappa shape index (κ2) is 5.89. The standard InChI is InChI=1S/C14H14F2N2O/c15-11-3-1-4-12(16)14(11)13(19)9-18(8-2-7-17)10-5-6-10/h1,3-4,10H,2,5-6,8-9H2. The molecule has 3 nitrogen and oxygen atoms in total. The molecule has 1 aliphatic rings. The van der Waals surface area contributed by atoms with Crippen molar-refractivity contribution in [2.24, 2.45) is 0 Å². The molecule has 1 aromatic carbocycles. The summed E-state index contributed by atoms with van der Waals surface area (Å²) in [7, 11) is 0. The van der Waals surface area contributed by atoms with Crippen molar-refractivity contribution in [3.05, 3.63) is 35.4 Å². The fourth-order valence-electron chi connectivity index (χ4n) is 2.05. The zero-order valence-electron chi connectivity index (χ0n) is 10.4. The summed E-state index contributed by atoms with van der Waals surface area (Å²) < 4.78 is 27.0. The summed E-state index contributed by atoms with van der Waals surface area (Å²) in [6.07, 6.45) is 2.25. The van der Waals surface area contributed by atoms with E-state index in [0.717, 1.165) is 25.0 Å². The van der Waals surface area contributed by atoms with Gasteiger partial charge >= 0.3 is 0 Å². The van der Waals surface area contributed by atoms with Gasteiger partial charge in [-0.2, -0.15) is 5.26 Å². The zero-order valence-corrected chi connectivity index (χ0v) is 10.4. The van der Waals surface area contributed by atoms with Gasteiger partial charge in [-0.15, -0.1) is 0 Å². The quantitative estimate of drug-likeness (QED) is 0.742. The maximum atomic E-state index is 13.5. The predicted molar refractivity (Wildman–Crippen MR) is 65.5 cm³/mol. The average molecular weight is 264 g/mol. The van der Waals surface area contributed by atoms with Crippen molar-refractivity contribution < 1.29 is 13.6 Å². The van der Waals surface area contributed by atoms with E-state index < -0.39 is 23.0 Å². The minimum absolute atomic E-state index is 0.0375. The Morgan fingerprint density at radius 2 is 2.00 bits per heavy atom. The van der Waals surface area contributed by atoms with E-state index in [4.69, 9.17) is 5.26 Å². The van der Waals surface area contributed by atoms with E-state index in [9.17, 15) is 13.6 Å². The van der Waals surface area contributed by atoms with Crippen LogP contribution in [0.25, 0.3) is 0 Å². The van der Waals surface area contributed by atoms with E-state index in [2.05, 4.69) is 0 Å². The molecule has 0 amide bonds. The van der Waals surface area contributed by atoms with Gasteiger partial charge in [-0.05, 0) is 25.0 Å². The number of hydrogen-bond acceptors (Lipinski definition) is 3. The molecule has 0 unspecified atom stereocenters. The molecule has 0 heterocycles. The molecule has 1 saturated carbocycles. The number of carbonyl (C=O) groups is 1. The van der Waals surface area contributed by atoms with Crippen LogP contribution >= 0.6 is 0 Å². The van der Waals surface area contributed by atoms with Gasteiger partial charge in [0, 0.05) is 19.0 Å². The number of hydrogen-bond donors (Lipinski definition) is 0. The van der Waals surface area contributed by atoms with Crippen LogP contribution in [0.5, 0.6) is 0 Å². The molecule has 0 radical (unpaired) electrons. The van der Waals surface area contributed by atoms with E-state index in [1.54, 1.807) is 0 Å². The fraction of sp³-hybridized carbons (Fsp3) is 0.429. The highest BCUT2D eigenvalue weighted by molar-refractivity contribution is 5.98. The van der Waals surface area contributed by atoms with Gasteiger partial charge in [-0.1, -0.05) is 6.07 Å². The second-order valence-electron chi connectivity index (χ2n) is 4.63. The second-order valence-corrected chi connectivity index (χ2v) is 4.63. The molecule has 1 fully saturated rings. The maximum absolute atomic E-state index is 13.5. The van der Waals surface area contributed by atoms with Crippen molar-refractivity contribution in [3.8, 4) is 6.07 Å². The Morgan fingerprint density at radius 3 is 2.53 bits per heavy atom. The molecular weight excluding hydrogens is 250 g/mol. The van der Waals surface area contributed by atoms with Crippen LogP contribution in [0.4, 0.5) is 8.78 Å². The lowest BCUT2D eigenvalue weighted by Crippen LogP contribution is -2.33. The molecule has 0 atom stereocenters. The summed E-state index contributed by atoms with van der Waals surface area (Å²) >= 11 is 0. The van der Waals surface area contributed by atoms with Gasteiger partial charge in [0.05, 0.1) is 18.2 Å². The summed E-state index contributed by atoms with van der Waals surface area (Å²) in [4.78, 5) is 13.8. The minimum atomic E-state index is -0.832. The topological polar surface area (TPSA) is 44.1 Å². The van der Waals surface area contributed by atoms with Crippen LogP contribution in [-0.4, -0.2) is 29.8 Å². The third-order valence-electron chi connectivity index (χ3n) is 3.16.